The van der Waals surface area contributed by atoms with Crippen LogP contribution in [-0.2, 0) is 32.7 Å². The number of carbonyl (C=O) groups is 2. The van der Waals surface area contributed by atoms with Gasteiger partial charge in [0.15, 0.2) is 6.10 Å². The van der Waals surface area contributed by atoms with E-state index >= 15 is 0 Å². The zero-order valence-electron chi connectivity index (χ0n) is 49.0. The number of rotatable bonds is 55. The molecule has 0 aromatic rings. The molecule has 1 N–H and O–H groups in total. The van der Waals surface area contributed by atoms with Gasteiger partial charge in [-0.2, -0.15) is 0 Å². The zero-order valence-corrected chi connectivity index (χ0v) is 49.9. The molecule has 0 aliphatic rings. The first-order valence-electron chi connectivity index (χ1n) is 30.5. The van der Waals surface area contributed by atoms with Gasteiger partial charge in [0, 0.05) is 12.8 Å². The summed E-state index contributed by atoms with van der Waals surface area (Å²) >= 11 is 0. The maximum absolute atomic E-state index is 12.8. The van der Waals surface area contributed by atoms with Crippen LogP contribution in [0.25, 0.3) is 0 Å². The molecular weight excluding hydrogens is 954 g/mol. The molecule has 9 nitrogen and oxygen atoms in total. The number of phosphoric acid groups is 1. The summed E-state index contributed by atoms with van der Waals surface area (Å²) in [5.74, 6) is -0.806. The number of quaternary nitrogens is 1. The summed E-state index contributed by atoms with van der Waals surface area (Å²) in [6.07, 6.45) is 76.5. The second-order valence-electron chi connectivity index (χ2n) is 21.4. The van der Waals surface area contributed by atoms with E-state index in [0.29, 0.717) is 17.4 Å². The first-order chi connectivity index (χ1) is 36.5. The molecule has 2 atom stereocenters. The number of allylic oxidation sites excluding steroid dienone is 16. The molecule has 0 aliphatic carbocycles. The Labute approximate surface area is 462 Å². The van der Waals surface area contributed by atoms with Gasteiger partial charge in [-0.25, -0.2) is 4.57 Å². The molecule has 0 fully saturated rings. The number of esters is 2. The highest BCUT2D eigenvalue weighted by Gasteiger charge is 2.27. The topological polar surface area (TPSA) is 108 Å². The van der Waals surface area contributed by atoms with Crippen molar-refractivity contribution < 1.29 is 42.1 Å². The lowest BCUT2D eigenvalue weighted by Gasteiger charge is -2.24. The number of hydrogen-bond acceptors (Lipinski definition) is 7. The Hall–Kier alpha value is -3.07. The Morgan fingerprint density at radius 3 is 1.15 bits per heavy atom. The summed E-state index contributed by atoms with van der Waals surface area (Å²) in [5.41, 5.74) is 0. The fourth-order valence-corrected chi connectivity index (χ4v) is 8.91. The summed E-state index contributed by atoms with van der Waals surface area (Å²) in [6.45, 7) is 4.29. The van der Waals surface area contributed by atoms with Gasteiger partial charge in [-0.05, 0) is 96.3 Å². The Morgan fingerprint density at radius 1 is 0.427 bits per heavy atom. The summed E-state index contributed by atoms with van der Waals surface area (Å²) in [5, 5.41) is 0. The summed E-state index contributed by atoms with van der Waals surface area (Å²) < 4.78 is 34.5. The molecule has 0 amide bonds. The van der Waals surface area contributed by atoms with E-state index in [1.807, 2.05) is 21.1 Å². The van der Waals surface area contributed by atoms with E-state index in [-0.39, 0.29) is 32.0 Å². The Bertz CT molecular complexity index is 1590. The molecule has 432 valence electrons. The Balaban J connectivity index is 3.96. The second-order valence-corrected chi connectivity index (χ2v) is 22.8. The quantitative estimate of drug-likeness (QED) is 0.0211. The molecule has 0 heterocycles. The van der Waals surface area contributed by atoms with Crippen molar-refractivity contribution in [3.8, 4) is 0 Å². The predicted molar refractivity (Wildman–Crippen MR) is 321 cm³/mol. The van der Waals surface area contributed by atoms with Crippen LogP contribution in [0.1, 0.15) is 251 Å². The van der Waals surface area contributed by atoms with Crippen LogP contribution in [-0.4, -0.2) is 74.9 Å². The van der Waals surface area contributed by atoms with E-state index in [1.54, 1.807) is 0 Å². The molecule has 0 saturated heterocycles. The van der Waals surface area contributed by atoms with E-state index in [9.17, 15) is 19.0 Å². The molecule has 0 saturated carbocycles. The van der Waals surface area contributed by atoms with Gasteiger partial charge in [-0.3, -0.25) is 18.6 Å². The number of unbranched alkanes of at least 4 members (excludes halogenated alkanes) is 25. The Kier molecular flexibility index (Phi) is 53.4. The van der Waals surface area contributed by atoms with Crippen LogP contribution >= 0.6 is 7.82 Å². The van der Waals surface area contributed by atoms with Gasteiger partial charge in [0.1, 0.15) is 19.8 Å². The van der Waals surface area contributed by atoms with Crippen molar-refractivity contribution in [3.05, 3.63) is 97.2 Å². The molecular formula is C65H115NO8P+. The second kappa shape index (κ2) is 55.7. The number of likely N-dealkylation sites (N-methyl/N-ethyl adjacent to an activating group) is 1. The van der Waals surface area contributed by atoms with Crippen LogP contribution in [0.2, 0.25) is 0 Å². The third-order valence-corrected chi connectivity index (χ3v) is 13.8. The maximum atomic E-state index is 12.8. The van der Waals surface area contributed by atoms with Crippen LogP contribution < -0.4 is 0 Å². The van der Waals surface area contributed by atoms with Crippen molar-refractivity contribution in [3.63, 3.8) is 0 Å². The number of phosphoric ester groups is 1. The smallest absolute Gasteiger partial charge is 0.462 e. The standard InChI is InChI=1S/C65H114NO8P/c1-6-8-10-12-14-16-18-20-21-22-23-24-25-26-27-28-29-30-31-32-33-34-35-36-37-38-39-40-41-42-43-44-45-46-48-50-52-54-56-58-65(68)74-63(62-73-75(69,70)72-60-59-66(3,4)5)61-71-64(67)57-55-53-51-49-47-19-17-15-13-11-9-7-2/h8,10,14-17,20-21,23-24,26-27,29-30,32-33,63H,6-7,9,11-13,18-19,22,25,28,31,34-62H2,1-5H3/p+1/b10-8-,16-14-,17-15-,21-20-,24-23-,27-26-,30-29-,33-32-. The van der Waals surface area contributed by atoms with Gasteiger partial charge < -0.3 is 18.9 Å². The normalized spacial score (nSPS) is 13.9. The van der Waals surface area contributed by atoms with Crippen LogP contribution in [0, 0.1) is 0 Å². The van der Waals surface area contributed by atoms with E-state index in [2.05, 4.69) is 111 Å². The summed E-state index contributed by atoms with van der Waals surface area (Å²) in [4.78, 5) is 35.6. The van der Waals surface area contributed by atoms with Gasteiger partial charge in [0.25, 0.3) is 0 Å². The van der Waals surface area contributed by atoms with Crippen LogP contribution in [0.15, 0.2) is 97.2 Å². The highest BCUT2D eigenvalue weighted by atomic mass is 31.2. The van der Waals surface area contributed by atoms with Crippen molar-refractivity contribution in [2.45, 2.75) is 258 Å². The molecule has 10 heteroatoms. The molecule has 0 bridgehead atoms. The molecule has 0 aromatic heterocycles. The minimum absolute atomic E-state index is 0.0286. The molecule has 0 aliphatic heterocycles. The maximum Gasteiger partial charge on any atom is 0.472 e. The SMILES string of the molecule is CC/C=C\C/C=C\C/C=C\C/C=C\C/C=C\C/C=C\C/C=C\CCCCCCCCCCCCCCCCCCCC(=O)OC(COC(=O)CCCCCCC/C=C\CCCCC)COP(=O)(O)OCC[N+](C)(C)C. The van der Waals surface area contributed by atoms with E-state index in [0.717, 1.165) is 96.3 Å². The monoisotopic (exact) mass is 1070 g/mol. The number of ether oxygens (including phenoxy) is 2. The number of hydrogen-bond donors (Lipinski definition) is 1. The van der Waals surface area contributed by atoms with Crippen molar-refractivity contribution in [2.24, 2.45) is 0 Å². The summed E-state index contributed by atoms with van der Waals surface area (Å²) in [6, 6.07) is 0. The molecule has 0 aromatic carbocycles. The molecule has 2 unspecified atom stereocenters. The lowest BCUT2D eigenvalue weighted by molar-refractivity contribution is -0.870. The van der Waals surface area contributed by atoms with Gasteiger partial charge in [-0.15, -0.1) is 0 Å². The summed E-state index contributed by atoms with van der Waals surface area (Å²) in [7, 11) is 1.47. The fraction of sp³-hybridized carbons (Fsp3) is 0.723. The molecule has 0 radical (unpaired) electrons. The molecule has 75 heavy (non-hydrogen) atoms. The third kappa shape index (κ3) is 60.0. The largest absolute Gasteiger partial charge is 0.472 e. The molecule has 0 spiro atoms. The minimum Gasteiger partial charge on any atom is -0.462 e. The minimum atomic E-state index is -4.39. The third-order valence-electron chi connectivity index (χ3n) is 12.8. The van der Waals surface area contributed by atoms with E-state index in [4.69, 9.17) is 18.5 Å². The fourth-order valence-electron chi connectivity index (χ4n) is 8.17. The average Bonchev–Trinajstić information content (AvgIpc) is 3.37. The average molecular weight is 1070 g/mol. The van der Waals surface area contributed by atoms with Gasteiger partial charge in [-0.1, -0.05) is 239 Å². The Morgan fingerprint density at radius 2 is 0.760 bits per heavy atom. The zero-order chi connectivity index (χ0) is 54.9. The first-order valence-corrected chi connectivity index (χ1v) is 32.0. The van der Waals surface area contributed by atoms with E-state index < -0.39 is 26.5 Å². The first kappa shape index (κ1) is 71.9. The van der Waals surface area contributed by atoms with Crippen molar-refractivity contribution in [1.82, 2.24) is 0 Å². The van der Waals surface area contributed by atoms with Crippen LogP contribution in [0.5, 0.6) is 0 Å². The lowest BCUT2D eigenvalue weighted by Crippen LogP contribution is -2.37. The van der Waals surface area contributed by atoms with Crippen molar-refractivity contribution >= 4 is 19.8 Å². The molecule has 0 rings (SSSR count). The van der Waals surface area contributed by atoms with Gasteiger partial charge in [0.2, 0.25) is 0 Å². The number of carbonyl (C=O) groups excluding carboxylic acids is 2. The highest BCUT2D eigenvalue weighted by Crippen LogP contribution is 2.43. The van der Waals surface area contributed by atoms with Crippen molar-refractivity contribution in [2.75, 3.05) is 47.5 Å². The number of nitrogens with zero attached hydrogens (tertiary/aromatic N) is 1. The van der Waals surface area contributed by atoms with E-state index in [1.165, 1.54) is 122 Å². The van der Waals surface area contributed by atoms with Gasteiger partial charge in [0.05, 0.1) is 27.7 Å². The van der Waals surface area contributed by atoms with Crippen LogP contribution in [0.4, 0.5) is 0 Å². The predicted octanol–water partition coefficient (Wildman–Crippen LogP) is 19.2. The van der Waals surface area contributed by atoms with Crippen LogP contribution in [0.3, 0.4) is 0 Å². The lowest BCUT2D eigenvalue weighted by atomic mass is 10.0. The van der Waals surface area contributed by atoms with Crippen molar-refractivity contribution in [1.29, 1.82) is 0 Å². The van der Waals surface area contributed by atoms with Gasteiger partial charge >= 0.3 is 19.8 Å². The highest BCUT2D eigenvalue weighted by molar-refractivity contribution is 7.47.